The summed E-state index contributed by atoms with van der Waals surface area (Å²) in [4.78, 5) is 25.8. The van der Waals surface area contributed by atoms with E-state index in [0.29, 0.717) is 12.2 Å². The maximum atomic E-state index is 12.5. The third-order valence-corrected chi connectivity index (χ3v) is 5.81. The molecule has 1 amide bonds. The van der Waals surface area contributed by atoms with Gasteiger partial charge in [-0.05, 0) is 50.5 Å². The van der Waals surface area contributed by atoms with Gasteiger partial charge < -0.3 is 15.0 Å². The van der Waals surface area contributed by atoms with Gasteiger partial charge in [0, 0.05) is 25.7 Å². The van der Waals surface area contributed by atoms with E-state index in [1.54, 1.807) is 0 Å². The van der Waals surface area contributed by atoms with E-state index < -0.39 is 0 Å². The van der Waals surface area contributed by atoms with Crippen LogP contribution < -0.4 is 5.32 Å². The number of nitrogens with one attached hydrogen (secondary N) is 2. The Morgan fingerprint density at radius 1 is 1.08 bits per heavy atom. The molecule has 144 valence electrons. The average molecular weight is 361 g/mol. The van der Waals surface area contributed by atoms with Gasteiger partial charge in [-0.2, -0.15) is 0 Å². The second-order valence-electron chi connectivity index (χ2n) is 7.72. The monoisotopic (exact) mass is 361 g/mol. The van der Waals surface area contributed by atoms with Gasteiger partial charge in [-0.15, -0.1) is 0 Å². The molecule has 1 saturated heterocycles. The standard InChI is InChI=1S/C20H31N3O3/c1-14(24)20(21)17-7-4-8-18(17)22-13-19(25)23-11-9-16(10-12-23)26-15-5-2-3-6-15/h15-16,21-22H,2-13H2,1H3. The van der Waals surface area contributed by atoms with E-state index in [4.69, 9.17) is 10.1 Å². The molecular formula is C20H31N3O3. The SMILES string of the molecule is CC(=O)C(=N)C1=C(NCC(=O)N2CCC(OC3CCCC3)CC2)CCC1. The molecule has 6 heteroatoms. The minimum Gasteiger partial charge on any atom is -0.379 e. The summed E-state index contributed by atoms with van der Waals surface area (Å²) in [7, 11) is 0. The van der Waals surface area contributed by atoms with Gasteiger partial charge in [0.2, 0.25) is 5.91 Å². The molecule has 0 unspecified atom stereocenters. The van der Waals surface area contributed by atoms with Crippen LogP contribution in [0.25, 0.3) is 0 Å². The number of nitrogens with zero attached hydrogens (tertiary/aromatic N) is 1. The third-order valence-electron chi connectivity index (χ3n) is 5.81. The first-order chi connectivity index (χ1) is 12.5. The van der Waals surface area contributed by atoms with Crippen LogP contribution in [-0.4, -0.2) is 54.1 Å². The van der Waals surface area contributed by atoms with Gasteiger partial charge in [0.1, 0.15) is 5.71 Å². The number of carbonyl (C=O) groups is 2. The molecule has 1 heterocycles. The Balaban J connectivity index is 1.43. The minimum atomic E-state index is -0.211. The molecule has 0 spiro atoms. The lowest BCUT2D eigenvalue weighted by Gasteiger charge is -2.33. The number of likely N-dealkylation sites (tertiary alicyclic amines) is 1. The molecule has 3 aliphatic rings. The van der Waals surface area contributed by atoms with Crippen molar-refractivity contribution in [1.29, 1.82) is 5.41 Å². The average Bonchev–Trinajstić information content (AvgIpc) is 3.31. The van der Waals surface area contributed by atoms with Crippen molar-refractivity contribution in [3.63, 3.8) is 0 Å². The van der Waals surface area contributed by atoms with Crippen molar-refractivity contribution in [2.75, 3.05) is 19.6 Å². The van der Waals surface area contributed by atoms with Crippen LogP contribution in [-0.2, 0) is 14.3 Å². The molecule has 0 bridgehead atoms. The minimum absolute atomic E-state index is 0.0855. The summed E-state index contributed by atoms with van der Waals surface area (Å²) in [5.74, 6) is -0.116. The van der Waals surface area contributed by atoms with Gasteiger partial charge in [0.05, 0.1) is 18.8 Å². The number of allylic oxidation sites excluding steroid dienone is 2. The van der Waals surface area contributed by atoms with E-state index >= 15 is 0 Å². The lowest BCUT2D eigenvalue weighted by atomic mass is 10.1. The van der Waals surface area contributed by atoms with Crippen LogP contribution in [0.1, 0.15) is 64.7 Å². The molecule has 2 fully saturated rings. The van der Waals surface area contributed by atoms with Crippen LogP contribution in [0.5, 0.6) is 0 Å². The van der Waals surface area contributed by atoms with E-state index in [2.05, 4.69) is 5.32 Å². The van der Waals surface area contributed by atoms with Gasteiger partial charge in [0.25, 0.3) is 0 Å². The summed E-state index contributed by atoms with van der Waals surface area (Å²) in [6.45, 7) is 3.19. The zero-order chi connectivity index (χ0) is 18.5. The largest absolute Gasteiger partial charge is 0.379 e. The van der Waals surface area contributed by atoms with Crippen molar-refractivity contribution in [2.45, 2.75) is 76.9 Å². The quantitative estimate of drug-likeness (QED) is 0.683. The molecule has 26 heavy (non-hydrogen) atoms. The number of ketones is 1. The summed E-state index contributed by atoms with van der Waals surface area (Å²) in [5, 5.41) is 11.1. The molecule has 2 N–H and O–H groups in total. The first-order valence-electron chi connectivity index (χ1n) is 10.0. The maximum Gasteiger partial charge on any atom is 0.241 e. The molecular weight excluding hydrogens is 330 g/mol. The first-order valence-corrected chi connectivity index (χ1v) is 10.0. The van der Waals surface area contributed by atoms with Crippen LogP contribution in [0, 0.1) is 5.41 Å². The predicted molar refractivity (Wildman–Crippen MR) is 100 cm³/mol. The third kappa shape index (κ3) is 4.72. The van der Waals surface area contributed by atoms with Crippen molar-refractivity contribution in [3.05, 3.63) is 11.3 Å². The molecule has 0 aromatic heterocycles. The highest BCUT2D eigenvalue weighted by Crippen LogP contribution is 2.26. The number of rotatable bonds is 7. The van der Waals surface area contributed by atoms with Crippen LogP contribution in [0.4, 0.5) is 0 Å². The molecule has 6 nitrogen and oxygen atoms in total. The molecule has 3 rings (SSSR count). The van der Waals surface area contributed by atoms with Gasteiger partial charge in [0.15, 0.2) is 5.78 Å². The molecule has 0 aromatic carbocycles. The number of piperidine rings is 1. The van der Waals surface area contributed by atoms with Crippen molar-refractivity contribution < 1.29 is 14.3 Å². The second kappa shape index (κ2) is 8.80. The number of amides is 1. The Morgan fingerprint density at radius 3 is 2.38 bits per heavy atom. The summed E-state index contributed by atoms with van der Waals surface area (Å²) >= 11 is 0. The summed E-state index contributed by atoms with van der Waals surface area (Å²) in [5.41, 5.74) is 1.77. The smallest absolute Gasteiger partial charge is 0.241 e. The molecule has 0 aromatic rings. The number of ether oxygens (including phenoxy) is 1. The van der Waals surface area contributed by atoms with Gasteiger partial charge in [-0.3, -0.25) is 15.0 Å². The number of hydrogen-bond acceptors (Lipinski definition) is 5. The fourth-order valence-corrected chi connectivity index (χ4v) is 4.26. The fourth-order valence-electron chi connectivity index (χ4n) is 4.26. The summed E-state index contributed by atoms with van der Waals surface area (Å²) in [6, 6.07) is 0. The van der Waals surface area contributed by atoms with Crippen molar-refractivity contribution in [3.8, 4) is 0 Å². The predicted octanol–water partition coefficient (Wildman–Crippen LogP) is 2.57. The highest BCUT2D eigenvalue weighted by molar-refractivity contribution is 6.44. The Labute approximate surface area is 155 Å². The highest BCUT2D eigenvalue weighted by atomic mass is 16.5. The molecule has 1 saturated carbocycles. The first kappa shape index (κ1) is 19.1. The van der Waals surface area contributed by atoms with Crippen molar-refractivity contribution >= 4 is 17.4 Å². The topological polar surface area (TPSA) is 82.5 Å². The zero-order valence-corrected chi connectivity index (χ0v) is 15.8. The lowest BCUT2D eigenvalue weighted by Crippen LogP contribution is -2.45. The maximum absolute atomic E-state index is 12.5. The van der Waals surface area contributed by atoms with Gasteiger partial charge in [-0.1, -0.05) is 12.8 Å². The van der Waals surface area contributed by atoms with E-state index in [1.807, 2.05) is 4.90 Å². The molecule has 2 aliphatic carbocycles. The Bertz CT molecular complexity index is 585. The molecule has 0 atom stereocenters. The van der Waals surface area contributed by atoms with Crippen molar-refractivity contribution in [2.24, 2.45) is 0 Å². The van der Waals surface area contributed by atoms with E-state index in [-0.39, 0.29) is 23.9 Å². The van der Waals surface area contributed by atoms with Crippen LogP contribution in [0.3, 0.4) is 0 Å². The van der Waals surface area contributed by atoms with Crippen LogP contribution in [0.2, 0.25) is 0 Å². The summed E-state index contributed by atoms with van der Waals surface area (Å²) in [6.07, 6.45) is 10.0. The Morgan fingerprint density at radius 2 is 1.73 bits per heavy atom. The molecule has 0 radical (unpaired) electrons. The van der Waals surface area contributed by atoms with E-state index in [1.165, 1.54) is 32.6 Å². The highest BCUT2D eigenvalue weighted by Gasteiger charge is 2.27. The lowest BCUT2D eigenvalue weighted by molar-refractivity contribution is -0.133. The van der Waals surface area contributed by atoms with Gasteiger partial charge >= 0.3 is 0 Å². The summed E-state index contributed by atoms with van der Waals surface area (Å²) < 4.78 is 6.17. The van der Waals surface area contributed by atoms with Crippen LogP contribution in [0.15, 0.2) is 11.3 Å². The van der Waals surface area contributed by atoms with E-state index in [0.717, 1.165) is 56.5 Å². The van der Waals surface area contributed by atoms with Crippen LogP contribution >= 0.6 is 0 Å². The Hall–Kier alpha value is -1.69. The Kier molecular flexibility index (Phi) is 6.46. The second-order valence-corrected chi connectivity index (χ2v) is 7.72. The number of hydrogen-bond donors (Lipinski definition) is 2. The number of Topliss-reactive ketones (excluding diaryl/α,β-unsaturated/α-hetero) is 1. The number of carbonyl (C=O) groups excluding carboxylic acids is 2. The van der Waals surface area contributed by atoms with Crippen molar-refractivity contribution in [1.82, 2.24) is 10.2 Å². The van der Waals surface area contributed by atoms with Gasteiger partial charge in [-0.25, -0.2) is 0 Å². The zero-order valence-electron chi connectivity index (χ0n) is 15.8. The normalized spacial score (nSPS) is 22.1. The fraction of sp³-hybridized carbons (Fsp3) is 0.750. The van der Waals surface area contributed by atoms with E-state index in [9.17, 15) is 9.59 Å². The molecule has 1 aliphatic heterocycles.